The number of nitrogens with zero attached hydrogens (tertiary/aromatic N) is 1. The van der Waals surface area contributed by atoms with Gasteiger partial charge in [0.05, 0.1) is 18.6 Å². The Kier molecular flexibility index (Phi) is 5.80. The highest BCUT2D eigenvalue weighted by atomic mass is 16.3. The number of anilines is 2. The molecule has 1 aliphatic heterocycles. The second-order valence-electron chi connectivity index (χ2n) is 6.33. The van der Waals surface area contributed by atoms with Crippen molar-refractivity contribution in [2.45, 2.75) is 45.3 Å². The zero-order chi connectivity index (χ0) is 16.1. The smallest absolute Gasteiger partial charge is 0.226 e. The van der Waals surface area contributed by atoms with E-state index in [-0.39, 0.29) is 24.3 Å². The average Bonchev–Trinajstić information content (AvgIpc) is 2.48. The van der Waals surface area contributed by atoms with Gasteiger partial charge in [-0.3, -0.25) is 4.79 Å². The summed E-state index contributed by atoms with van der Waals surface area (Å²) in [6, 6.07) is 7.71. The number of hydrogen-bond acceptors (Lipinski definition) is 4. The van der Waals surface area contributed by atoms with Crippen LogP contribution >= 0.6 is 0 Å². The summed E-state index contributed by atoms with van der Waals surface area (Å²) in [5, 5.41) is 22.1. The fourth-order valence-electron chi connectivity index (χ4n) is 2.52. The average molecular weight is 306 g/mol. The number of carbonyl (C=O) groups is 1. The lowest BCUT2D eigenvalue weighted by Crippen LogP contribution is -2.35. The van der Waals surface area contributed by atoms with Crippen LogP contribution in [0.3, 0.4) is 0 Å². The summed E-state index contributed by atoms with van der Waals surface area (Å²) >= 11 is 0. The molecule has 0 aromatic heterocycles. The molecule has 1 atom stereocenters. The molecule has 22 heavy (non-hydrogen) atoms. The van der Waals surface area contributed by atoms with Gasteiger partial charge in [0.2, 0.25) is 5.91 Å². The summed E-state index contributed by atoms with van der Waals surface area (Å²) < 4.78 is 0. The van der Waals surface area contributed by atoms with Gasteiger partial charge in [0.1, 0.15) is 0 Å². The zero-order valence-electron chi connectivity index (χ0n) is 13.3. The third-order valence-electron chi connectivity index (χ3n) is 4.14. The Bertz CT molecular complexity index is 479. The van der Waals surface area contributed by atoms with Gasteiger partial charge < -0.3 is 20.4 Å². The third-order valence-corrected chi connectivity index (χ3v) is 4.14. The van der Waals surface area contributed by atoms with Crippen LogP contribution in [0.2, 0.25) is 0 Å². The van der Waals surface area contributed by atoms with E-state index >= 15 is 0 Å². The van der Waals surface area contributed by atoms with Crippen molar-refractivity contribution in [3.63, 3.8) is 0 Å². The van der Waals surface area contributed by atoms with Gasteiger partial charge in [-0.25, -0.2) is 0 Å². The number of nitrogens with one attached hydrogen (secondary N) is 1. The Morgan fingerprint density at radius 1 is 1.27 bits per heavy atom. The molecule has 1 aliphatic rings. The predicted molar refractivity (Wildman–Crippen MR) is 88.0 cm³/mol. The van der Waals surface area contributed by atoms with Gasteiger partial charge in [-0.2, -0.15) is 0 Å². The van der Waals surface area contributed by atoms with Gasteiger partial charge in [0.25, 0.3) is 0 Å². The molecule has 3 N–H and O–H groups in total. The number of piperidine rings is 1. The summed E-state index contributed by atoms with van der Waals surface area (Å²) in [5.74, 6) is -0.0994. The number of benzene rings is 1. The molecule has 0 spiro atoms. The van der Waals surface area contributed by atoms with Crippen LogP contribution in [0.15, 0.2) is 24.3 Å². The van der Waals surface area contributed by atoms with Crippen LogP contribution in [0.5, 0.6) is 0 Å². The molecular formula is C17H26N2O3. The standard InChI is InChI=1S/C17H26N2O3/c1-12(2)16(21)11-17(22)18-13-3-5-14(6-4-13)19-9-7-15(20)8-10-19/h3-6,12,15-16,20-21H,7-11H2,1-2H3,(H,18,22)/t16-/m1/s1. The van der Waals surface area contributed by atoms with Crippen LogP contribution in [0, 0.1) is 5.92 Å². The molecule has 1 saturated heterocycles. The van der Waals surface area contributed by atoms with Crippen LogP contribution in [0.25, 0.3) is 0 Å². The topological polar surface area (TPSA) is 72.8 Å². The van der Waals surface area contributed by atoms with Gasteiger partial charge in [0, 0.05) is 24.5 Å². The largest absolute Gasteiger partial charge is 0.393 e. The van der Waals surface area contributed by atoms with E-state index in [9.17, 15) is 15.0 Å². The van der Waals surface area contributed by atoms with E-state index in [0.29, 0.717) is 0 Å². The van der Waals surface area contributed by atoms with E-state index in [0.717, 1.165) is 37.3 Å². The van der Waals surface area contributed by atoms with E-state index in [1.54, 1.807) is 0 Å². The second kappa shape index (κ2) is 7.61. The van der Waals surface area contributed by atoms with E-state index in [1.165, 1.54) is 0 Å². The third kappa shape index (κ3) is 4.71. The molecule has 5 heteroatoms. The highest BCUT2D eigenvalue weighted by Gasteiger charge is 2.17. The molecular weight excluding hydrogens is 280 g/mol. The quantitative estimate of drug-likeness (QED) is 0.778. The number of rotatable bonds is 5. The Hall–Kier alpha value is -1.59. The number of amides is 1. The molecule has 5 nitrogen and oxygen atoms in total. The maximum atomic E-state index is 11.8. The SMILES string of the molecule is CC(C)[C@H](O)CC(=O)Nc1ccc(N2CCC(O)CC2)cc1. The first kappa shape index (κ1) is 16.8. The Morgan fingerprint density at radius 2 is 1.86 bits per heavy atom. The molecule has 1 heterocycles. The van der Waals surface area contributed by atoms with Crippen molar-refractivity contribution in [1.29, 1.82) is 0 Å². The lowest BCUT2D eigenvalue weighted by atomic mass is 10.0. The van der Waals surface area contributed by atoms with E-state index < -0.39 is 6.10 Å². The first-order valence-electron chi connectivity index (χ1n) is 7.96. The molecule has 1 aromatic carbocycles. The van der Waals surface area contributed by atoms with Crippen molar-refractivity contribution >= 4 is 17.3 Å². The van der Waals surface area contributed by atoms with Gasteiger partial charge in [-0.1, -0.05) is 13.8 Å². The van der Waals surface area contributed by atoms with E-state index in [4.69, 9.17) is 0 Å². The highest BCUT2D eigenvalue weighted by molar-refractivity contribution is 5.91. The van der Waals surface area contributed by atoms with Crippen LogP contribution in [-0.2, 0) is 4.79 Å². The number of hydrogen-bond donors (Lipinski definition) is 3. The minimum absolute atomic E-state index is 0.0718. The lowest BCUT2D eigenvalue weighted by Gasteiger charge is -2.31. The van der Waals surface area contributed by atoms with Crippen molar-refractivity contribution in [2.24, 2.45) is 5.92 Å². The van der Waals surface area contributed by atoms with Gasteiger partial charge in [0.15, 0.2) is 0 Å². The van der Waals surface area contributed by atoms with Gasteiger partial charge >= 0.3 is 0 Å². The van der Waals surface area contributed by atoms with Crippen molar-refractivity contribution in [3.8, 4) is 0 Å². The maximum Gasteiger partial charge on any atom is 0.226 e. The minimum atomic E-state index is -0.612. The zero-order valence-corrected chi connectivity index (χ0v) is 13.3. The van der Waals surface area contributed by atoms with Crippen LogP contribution in [0.4, 0.5) is 11.4 Å². The monoisotopic (exact) mass is 306 g/mol. The fraction of sp³-hybridized carbons (Fsp3) is 0.588. The lowest BCUT2D eigenvalue weighted by molar-refractivity contribution is -0.118. The molecule has 1 aromatic rings. The van der Waals surface area contributed by atoms with Crippen molar-refractivity contribution < 1.29 is 15.0 Å². The number of aliphatic hydroxyl groups excluding tert-OH is 2. The van der Waals surface area contributed by atoms with E-state index in [1.807, 2.05) is 38.1 Å². The molecule has 1 amide bonds. The molecule has 122 valence electrons. The summed E-state index contributed by atoms with van der Waals surface area (Å²) in [6.07, 6.45) is 0.918. The van der Waals surface area contributed by atoms with Crippen LogP contribution < -0.4 is 10.2 Å². The van der Waals surface area contributed by atoms with Crippen LogP contribution in [0.1, 0.15) is 33.1 Å². The van der Waals surface area contributed by atoms with Crippen molar-refractivity contribution in [3.05, 3.63) is 24.3 Å². The highest BCUT2D eigenvalue weighted by Crippen LogP contribution is 2.22. The van der Waals surface area contributed by atoms with E-state index in [2.05, 4.69) is 10.2 Å². The molecule has 0 saturated carbocycles. The summed E-state index contributed by atoms with van der Waals surface area (Å²) in [7, 11) is 0. The summed E-state index contributed by atoms with van der Waals surface area (Å²) in [6.45, 7) is 5.49. The molecule has 0 bridgehead atoms. The molecule has 0 radical (unpaired) electrons. The predicted octanol–water partition coefficient (Wildman–Crippen LogP) is 1.99. The Morgan fingerprint density at radius 3 is 2.41 bits per heavy atom. The Labute approximate surface area is 131 Å². The Balaban J connectivity index is 1.88. The summed E-state index contributed by atoms with van der Waals surface area (Å²) in [4.78, 5) is 14.1. The fourth-order valence-corrected chi connectivity index (χ4v) is 2.52. The first-order valence-corrected chi connectivity index (χ1v) is 7.96. The normalized spacial score (nSPS) is 17.6. The van der Waals surface area contributed by atoms with Gasteiger partial charge in [-0.05, 0) is 43.0 Å². The molecule has 2 rings (SSSR count). The van der Waals surface area contributed by atoms with Crippen LogP contribution in [-0.4, -0.2) is 41.4 Å². The minimum Gasteiger partial charge on any atom is -0.393 e. The van der Waals surface area contributed by atoms with Crippen molar-refractivity contribution in [1.82, 2.24) is 0 Å². The maximum absolute atomic E-state index is 11.8. The molecule has 1 fully saturated rings. The molecule has 0 unspecified atom stereocenters. The second-order valence-corrected chi connectivity index (χ2v) is 6.33. The number of carbonyl (C=O) groups excluding carboxylic acids is 1. The number of aliphatic hydroxyl groups is 2. The van der Waals surface area contributed by atoms with Crippen molar-refractivity contribution in [2.75, 3.05) is 23.3 Å². The van der Waals surface area contributed by atoms with Gasteiger partial charge in [-0.15, -0.1) is 0 Å². The first-order chi connectivity index (χ1) is 10.5. The molecule has 0 aliphatic carbocycles. The summed E-state index contributed by atoms with van der Waals surface area (Å²) in [5.41, 5.74) is 1.84.